The van der Waals surface area contributed by atoms with E-state index in [1.807, 2.05) is 21.0 Å². The Balaban J connectivity index is 0.00000338. The molecular weight excluding hydrogens is 443 g/mol. The van der Waals surface area contributed by atoms with Crippen molar-refractivity contribution < 1.29 is 9.90 Å². The highest BCUT2D eigenvalue weighted by Crippen LogP contribution is 2.38. The van der Waals surface area contributed by atoms with Gasteiger partial charge < -0.3 is 20.6 Å². The number of rotatable bonds is 6. The highest BCUT2D eigenvalue weighted by molar-refractivity contribution is 14.0. The number of halogens is 1. The summed E-state index contributed by atoms with van der Waals surface area (Å²) in [4.78, 5) is 19.0. The Morgan fingerprint density at radius 1 is 1.04 bits per heavy atom. The minimum atomic E-state index is -0.662. The summed E-state index contributed by atoms with van der Waals surface area (Å²) in [5.41, 5.74) is -0.980. The summed E-state index contributed by atoms with van der Waals surface area (Å²) < 4.78 is 0. The number of carbonyl (C=O) groups excluding carboxylic acids is 1. The SMILES string of the molecule is CCNC(=NCC1(O)CCCCC1)NCC1(C(=O)N(C)C)CCCC1.I. The smallest absolute Gasteiger partial charge is 0.230 e. The van der Waals surface area contributed by atoms with Crippen LogP contribution in [0.1, 0.15) is 64.7 Å². The number of hydrogen-bond donors (Lipinski definition) is 3. The van der Waals surface area contributed by atoms with Crippen LogP contribution in [0.4, 0.5) is 0 Å². The predicted molar refractivity (Wildman–Crippen MR) is 117 cm³/mol. The second-order valence-corrected chi connectivity index (χ2v) is 8.02. The van der Waals surface area contributed by atoms with E-state index in [0.717, 1.165) is 57.9 Å². The van der Waals surface area contributed by atoms with Crippen LogP contribution in [0.3, 0.4) is 0 Å². The Kier molecular flexibility index (Phi) is 9.64. The van der Waals surface area contributed by atoms with Crippen molar-refractivity contribution in [1.29, 1.82) is 0 Å². The molecule has 0 heterocycles. The molecule has 152 valence electrons. The summed E-state index contributed by atoms with van der Waals surface area (Å²) in [6.45, 7) is 3.83. The molecule has 2 saturated carbocycles. The number of nitrogens with one attached hydrogen (secondary N) is 2. The van der Waals surface area contributed by atoms with Crippen molar-refractivity contribution in [2.24, 2.45) is 10.4 Å². The molecule has 1 amide bonds. The summed E-state index contributed by atoms with van der Waals surface area (Å²) in [5.74, 6) is 0.915. The van der Waals surface area contributed by atoms with Crippen molar-refractivity contribution in [3.8, 4) is 0 Å². The third-order valence-electron chi connectivity index (χ3n) is 5.67. The molecule has 2 fully saturated rings. The van der Waals surface area contributed by atoms with Gasteiger partial charge in [0, 0.05) is 27.2 Å². The summed E-state index contributed by atoms with van der Waals surface area (Å²) in [5, 5.41) is 17.3. The second-order valence-electron chi connectivity index (χ2n) is 8.02. The molecule has 0 atom stereocenters. The maximum atomic E-state index is 12.7. The Labute approximate surface area is 175 Å². The van der Waals surface area contributed by atoms with Gasteiger partial charge in [0.05, 0.1) is 17.6 Å². The van der Waals surface area contributed by atoms with Gasteiger partial charge in [0.1, 0.15) is 0 Å². The largest absolute Gasteiger partial charge is 0.388 e. The molecule has 0 unspecified atom stereocenters. The first kappa shape index (κ1) is 23.5. The number of aliphatic hydroxyl groups is 1. The number of carbonyl (C=O) groups is 1. The first-order chi connectivity index (χ1) is 11.9. The van der Waals surface area contributed by atoms with Gasteiger partial charge in [-0.05, 0) is 32.6 Å². The van der Waals surface area contributed by atoms with Gasteiger partial charge >= 0.3 is 0 Å². The van der Waals surface area contributed by atoms with Crippen LogP contribution < -0.4 is 10.6 Å². The zero-order chi connectivity index (χ0) is 18.3. The van der Waals surface area contributed by atoms with Gasteiger partial charge in [0.2, 0.25) is 5.91 Å². The lowest BCUT2D eigenvalue weighted by Gasteiger charge is -2.32. The third kappa shape index (κ3) is 6.25. The van der Waals surface area contributed by atoms with Gasteiger partial charge in [-0.1, -0.05) is 32.1 Å². The van der Waals surface area contributed by atoms with E-state index in [9.17, 15) is 9.90 Å². The van der Waals surface area contributed by atoms with E-state index in [0.29, 0.717) is 19.0 Å². The topological polar surface area (TPSA) is 77.0 Å². The van der Waals surface area contributed by atoms with Crippen molar-refractivity contribution in [3.05, 3.63) is 0 Å². The molecule has 0 saturated heterocycles. The van der Waals surface area contributed by atoms with E-state index in [-0.39, 0.29) is 35.3 Å². The summed E-state index contributed by atoms with van der Waals surface area (Å²) in [6.07, 6.45) is 9.11. The third-order valence-corrected chi connectivity index (χ3v) is 5.67. The lowest BCUT2D eigenvalue weighted by Crippen LogP contribution is -2.49. The first-order valence-corrected chi connectivity index (χ1v) is 9.87. The van der Waals surface area contributed by atoms with Crippen LogP contribution in [0.2, 0.25) is 0 Å². The maximum Gasteiger partial charge on any atom is 0.230 e. The number of aliphatic imine (C=N–C) groups is 1. The van der Waals surface area contributed by atoms with Gasteiger partial charge in [0.15, 0.2) is 5.96 Å². The summed E-state index contributed by atoms with van der Waals surface area (Å²) >= 11 is 0. The van der Waals surface area contributed by atoms with E-state index in [2.05, 4.69) is 15.6 Å². The zero-order valence-electron chi connectivity index (χ0n) is 16.6. The minimum absolute atomic E-state index is 0. The molecule has 3 N–H and O–H groups in total. The Morgan fingerprint density at radius 3 is 2.15 bits per heavy atom. The van der Waals surface area contributed by atoms with Crippen molar-refractivity contribution in [1.82, 2.24) is 15.5 Å². The van der Waals surface area contributed by atoms with Crippen LogP contribution >= 0.6 is 24.0 Å². The van der Waals surface area contributed by atoms with Crippen LogP contribution in [0.5, 0.6) is 0 Å². The number of nitrogens with zero attached hydrogens (tertiary/aromatic N) is 2. The number of amides is 1. The Hall–Kier alpha value is -0.570. The number of guanidine groups is 1. The van der Waals surface area contributed by atoms with Gasteiger partial charge in [-0.3, -0.25) is 9.79 Å². The molecule has 7 heteroatoms. The normalized spacial score (nSPS) is 21.6. The van der Waals surface area contributed by atoms with E-state index in [1.54, 1.807) is 4.90 Å². The molecule has 0 radical (unpaired) electrons. The van der Waals surface area contributed by atoms with Gasteiger partial charge in [-0.25, -0.2) is 0 Å². The first-order valence-electron chi connectivity index (χ1n) is 9.87. The van der Waals surface area contributed by atoms with Crippen molar-refractivity contribution >= 4 is 35.8 Å². The van der Waals surface area contributed by atoms with Gasteiger partial charge in [-0.15, -0.1) is 24.0 Å². The Morgan fingerprint density at radius 2 is 1.62 bits per heavy atom. The summed E-state index contributed by atoms with van der Waals surface area (Å²) in [6, 6.07) is 0. The van der Waals surface area contributed by atoms with Crippen molar-refractivity contribution in [3.63, 3.8) is 0 Å². The zero-order valence-corrected chi connectivity index (χ0v) is 19.0. The van der Waals surface area contributed by atoms with Crippen LogP contribution in [0, 0.1) is 5.41 Å². The molecule has 6 nitrogen and oxygen atoms in total. The number of hydrogen-bond acceptors (Lipinski definition) is 3. The van der Waals surface area contributed by atoms with Crippen LogP contribution in [0.25, 0.3) is 0 Å². The average molecular weight is 480 g/mol. The van der Waals surface area contributed by atoms with E-state index < -0.39 is 5.60 Å². The highest BCUT2D eigenvalue weighted by atomic mass is 127. The lowest BCUT2D eigenvalue weighted by molar-refractivity contribution is -0.138. The molecule has 2 rings (SSSR count). The second kappa shape index (κ2) is 10.7. The molecule has 0 spiro atoms. The van der Waals surface area contributed by atoms with E-state index in [1.165, 1.54) is 6.42 Å². The van der Waals surface area contributed by atoms with Crippen LogP contribution in [-0.2, 0) is 4.79 Å². The van der Waals surface area contributed by atoms with E-state index >= 15 is 0 Å². The van der Waals surface area contributed by atoms with Crippen molar-refractivity contribution in [2.75, 3.05) is 33.7 Å². The molecule has 0 bridgehead atoms. The molecular formula is C19H37IN4O2. The molecule has 2 aliphatic carbocycles. The van der Waals surface area contributed by atoms with Crippen molar-refractivity contribution in [2.45, 2.75) is 70.3 Å². The molecule has 0 aromatic rings. The fourth-order valence-electron chi connectivity index (χ4n) is 4.18. The molecule has 2 aliphatic rings. The van der Waals surface area contributed by atoms with Crippen LogP contribution in [-0.4, -0.2) is 61.2 Å². The predicted octanol–water partition coefficient (Wildman–Crippen LogP) is 2.50. The van der Waals surface area contributed by atoms with E-state index in [4.69, 9.17) is 0 Å². The minimum Gasteiger partial charge on any atom is -0.388 e. The highest BCUT2D eigenvalue weighted by Gasteiger charge is 2.42. The summed E-state index contributed by atoms with van der Waals surface area (Å²) in [7, 11) is 3.67. The molecule has 0 aromatic carbocycles. The molecule has 0 aromatic heterocycles. The standard InChI is InChI=1S/C19H36N4O2.HI/c1-4-20-17(22-15-19(25)12-6-5-7-13-19)21-14-18(10-8-9-11-18)16(24)23(2)3;/h25H,4-15H2,1-3H3,(H2,20,21,22);1H. The quantitative estimate of drug-likeness (QED) is 0.310. The Bertz CT molecular complexity index is 470. The lowest BCUT2D eigenvalue weighted by atomic mass is 9.84. The van der Waals surface area contributed by atoms with Crippen LogP contribution in [0.15, 0.2) is 4.99 Å². The van der Waals surface area contributed by atoms with Gasteiger partial charge in [-0.2, -0.15) is 0 Å². The average Bonchev–Trinajstić information content (AvgIpc) is 3.07. The molecule has 26 heavy (non-hydrogen) atoms. The maximum absolute atomic E-state index is 12.7. The molecule has 0 aliphatic heterocycles. The fraction of sp³-hybridized carbons (Fsp3) is 0.895. The van der Waals surface area contributed by atoms with Gasteiger partial charge in [0.25, 0.3) is 0 Å². The fourth-order valence-corrected chi connectivity index (χ4v) is 4.18. The monoisotopic (exact) mass is 480 g/mol.